The summed E-state index contributed by atoms with van der Waals surface area (Å²) in [6, 6.07) is 9.68. The lowest BCUT2D eigenvalue weighted by atomic mass is 10.1. The molecule has 9 heteroatoms. The third-order valence-electron chi connectivity index (χ3n) is 4.08. The van der Waals surface area contributed by atoms with Crippen molar-refractivity contribution in [1.29, 1.82) is 0 Å². The second kappa shape index (κ2) is 9.94. The first-order valence-corrected chi connectivity index (χ1v) is 10.2. The van der Waals surface area contributed by atoms with Crippen molar-refractivity contribution in [2.24, 2.45) is 5.14 Å². The molecule has 0 radical (unpaired) electrons. The van der Waals surface area contributed by atoms with Gasteiger partial charge >= 0.3 is 0 Å². The second-order valence-electron chi connectivity index (χ2n) is 6.02. The monoisotopic (exact) mass is 420 g/mol. The Morgan fingerprint density at radius 3 is 2.10 bits per heavy atom. The van der Waals surface area contributed by atoms with Gasteiger partial charge in [-0.05, 0) is 47.9 Å². The number of primary sulfonamides is 1. The smallest absolute Gasteiger partial charge is 0.244 e. The van der Waals surface area contributed by atoms with E-state index in [1.54, 1.807) is 30.3 Å². The fourth-order valence-corrected chi connectivity index (χ4v) is 3.12. The van der Waals surface area contributed by atoms with Crippen LogP contribution in [0.1, 0.15) is 11.1 Å². The average molecular weight is 420 g/mol. The number of nitrogens with two attached hydrogens (primary N) is 1. The summed E-state index contributed by atoms with van der Waals surface area (Å²) in [6.07, 6.45) is 3.60. The molecule has 8 nitrogen and oxygen atoms in total. The number of carbonyl (C=O) groups excluding carboxylic acids is 1. The first-order chi connectivity index (χ1) is 13.8. The van der Waals surface area contributed by atoms with Crippen LogP contribution in [0.5, 0.6) is 17.2 Å². The normalized spacial score (nSPS) is 11.3. The van der Waals surface area contributed by atoms with Crippen LogP contribution in [0.15, 0.2) is 47.4 Å². The molecular weight excluding hydrogens is 396 g/mol. The van der Waals surface area contributed by atoms with Crippen molar-refractivity contribution in [3.8, 4) is 17.2 Å². The molecule has 0 aromatic heterocycles. The highest BCUT2D eigenvalue weighted by Crippen LogP contribution is 2.38. The van der Waals surface area contributed by atoms with Crippen molar-refractivity contribution < 1.29 is 27.4 Å². The Hall–Kier alpha value is -3.04. The molecule has 0 atom stereocenters. The third kappa shape index (κ3) is 6.23. The molecule has 1 amide bonds. The maximum Gasteiger partial charge on any atom is 0.244 e. The molecule has 0 aliphatic heterocycles. The number of methoxy groups -OCH3 is 3. The number of sulfonamides is 1. The first-order valence-electron chi connectivity index (χ1n) is 8.66. The minimum Gasteiger partial charge on any atom is -0.493 e. The van der Waals surface area contributed by atoms with Crippen molar-refractivity contribution in [2.45, 2.75) is 11.3 Å². The van der Waals surface area contributed by atoms with Gasteiger partial charge in [0.1, 0.15) is 0 Å². The fraction of sp³-hybridized carbons (Fsp3) is 0.250. The first kappa shape index (κ1) is 22.3. The Kier molecular flexibility index (Phi) is 7.63. The SMILES string of the molecule is COc1cc(/C=C/C(=O)NCCc2ccc(S(N)(=O)=O)cc2)cc(OC)c1OC. The summed E-state index contributed by atoms with van der Waals surface area (Å²) in [4.78, 5) is 12.1. The van der Waals surface area contributed by atoms with Crippen LogP contribution in [0.25, 0.3) is 6.08 Å². The molecule has 0 fully saturated rings. The van der Waals surface area contributed by atoms with E-state index in [9.17, 15) is 13.2 Å². The highest BCUT2D eigenvalue weighted by molar-refractivity contribution is 7.89. The van der Waals surface area contributed by atoms with E-state index in [2.05, 4.69) is 5.32 Å². The van der Waals surface area contributed by atoms with E-state index in [1.807, 2.05) is 0 Å². The predicted octanol–water partition coefficient (Wildman–Crippen LogP) is 1.73. The lowest BCUT2D eigenvalue weighted by molar-refractivity contribution is -0.116. The van der Waals surface area contributed by atoms with Crippen molar-refractivity contribution in [3.63, 3.8) is 0 Å². The Bertz CT molecular complexity index is 960. The molecule has 29 heavy (non-hydrogen) atoms. The number of amides is 1. The molecule has 0 aliphatic carbocycles. The second-order valence-corrected chi connectivity index (χ2v) is 7.58. The fourth-order valence-electron chi connectivity index (χ4n) is 2.60. The minimum atomic E-state index is -3.71. The van der Waals surface area contributed by atoms with E-state index < -0.39 is 10.0 Å². The molecule has 156 valence electrons. The highest BCUT2D eigenvalue weighted by atomic mass is 32.2. The van der Waals surface area contributed by atoms with Gasteiger partial charge in [0.15, 0.2) is 11.5 Å². The van der Waals surface area contributed by atoms with Gasteiger partial charge in [-0.15, -0.1) is 0 Å². The van der Waals surface area contributed by atoms with Crippen molar-refractivity contribution in [3.05, 3.63) is 53.6 Å². The van der Waals surface area contributed by atoms with Gasteiger partial charge in [-0.3, -0.25) is 4.79 Å². The summed E-state index contributed by atoms with van der Waals surface area (Å²) in [5, 5.41) is 7.84. The molecule has 0 heterocycles. The Balaban J connectivity index is 1.94. The van der Waals surface area contributed by atoms with Crippen LogP contribution in [0.2, 0.25) is 0 Å². The molecular formula is C20H24N2O6S. The maximum atomic E-state index is 12.0. The zero-order valence-corrected chi connectivity index (χ0v) is 17.3. The number of hydrogen-bond acceptors (Lipinski definition) is 6. The third-order valence-corrected chi connectivity index (χ3v) is 5.01. The summed E-state index contributed by atoms with van der Waals surface area (Å²) >= 11 is 0. The number of carbonyl (C=O) groups is 1. The van der Waals surface area contributed by atoms with Gasteiger partial charge in [-0.2, -0.15) is 0 Å². The van der Waals surface area contributed by atoms with Crippen molar-refractivity contribution in [1.82, 2.24) is 5.32 Å². The van der Waals surface area contributed by atoms with Crippen LogP contribution in [0.4, 0.5) is 0 Å². The van der Waals surface area contributed by atoms with E-state index in [-0.39, 0.29) is 10.8 Å². The molecule has 0 saturated carbocycles. The number of hydrogen-bond donors (Lipinski definition) is 2. The summed E-state index contributed by atoms with van der Waals surface area (Å²) in [6.45, 7) is 0.396. The van der Waals surface area contributed by atoms with Crippen LogP contribution in [-0.4, -0.2) is 42.2 Å². The largest absolute Gasteiger partial charge is 0.493 e. The molecule has 0 unspecified atom stereocenters. The van der Waals surface area contributed by atoms with Gasteiger partial charge in [0, 0.05) is 12.6 Å². The van der Waals surface area contributed by atoms with Crippen LogP contribution >= 0.6 is 0 Å². The Labute approximate surface area is 170 Å². The number of rotatable bonds is 9. The van der Waals surface area contributed by atoms with Crippen molar-refractivity contribution in [2.75, 3.05) is 27.9 Å². The zero-order valence-electron chi connectivity index (χ0n) is 16.5. The maximum absolute atomic E-state index is 12.0. The van der Waals surface area contributed by atoms with Gasteiger partial charge in [0.2, 0.25) is 21.7 Å². The zero-order chi connectivity index (χ0) is 21.4. The number of nitrogens with one attached hydrogen (secondary N) is 1. The molecule has 2 rings (SSSR count). The van der Waals surface area contributed by atoms with E-state index in [0.717, 1.165) is 5.56 Å². The van der Waals surface area contributed by atoms with Crippen molar-refractivity contribution >= 4 is 22.0 Å². The van der Waals surface area contributed by atoms with E-state index in [1.165, 1.54) is 39.5 Å². The van der Waals surface area contributed by atoms with Crippen LogP contribution in [0, 0.1) is 0 Å². The lowest BCUT2D eigenvalue weighted by Crippen LogP contribution is -2.23. The topological polar surface area (TPSA) is 117 Å². The summed E-state index contributed by atoms with van der Waals surface area (Å²) < 4.78 is 38.3. The van der Waals surface area contributed by atoms with E-state index in [0.29, 0.717) is 35.8 Å². The van der Waals surface area contributed by atoms with Gasteiger partial charge in [0.05, 0.1) is 26.2 Å². The molecule has 0 aliphatic rings. The summed E-state index contributed by atoms with van der Waals surface area (Å²) in [7, 11) is 0.855. The predicted molar refractivity (Wildman–Crippen MR) is 110 cm³/mol. The van der Waals surface area contributed by atoms with Crippen LogP contribution in [0.3, 0.4) is 0 Å². The van der Waals surface area contributed by atoms with E-state index >= 15 is 0 Å². The van der Waals surface area contributed by atoms with E-state index in [4.69, 9.17) is 19.3 Å². The average Bonchev–Trinajstić information content (AvgIpc) is 2.71. The quantitative estimate of drug-likeness (QED) is 0.597. The molecule has 2 aromatic carbocycles. The molecule has 0 saturated heterocycles. The molecule has 0 bridgehead atoms. The van der Waals surface area contributed by atoms with Gasteiger partial charge < -0.3 is 19.5 Å². The molecule has 3 N–H and O–H groups in total. The van der Waals surface area contributed by atoms with Crippen LogP contribution < -0.4 is 24.7 Å². The Morgan fingerprint density at radius 1 is 1.03 bits per heavy atom. The summed E-state index contributed by atoms with van der Waals surface area (Å²) in [5.41, 5.74) is 1.60. The Morgan fingerprint density at radius 2 is 1.62 bits per heavy atom. The molecule has 0 spiro atoms. The molecule has 2 aromatic rings. The lowest BCUT2D eigenvalue weighted by Gasteiger charge is -2.12. The minimum absolute atomic E-state index is 0.0542. The van der Waals surface area contributed by atoms with Gasteiger partial charge in [0.25, 0.3) is 0 Å². The summed E-state index contributed by atoms with van der Waals surface area (Å²) in [5.74, 6) is 1.20. The number of ether oxygens (including phenoxy) is 3. The van der Waals surface area contributed by atoms with Gasteiger partial charge in [-0.25, -0.2) is 13.6 Å². The number of benzene rings is 2. The van der Waals surface area contributed by atoms with Gasteiger partial charge in [-0.1, -0.05) is 12.1 Å². The van der Waals surface area contributed by atoms with Crippen LogP contribution in [-0.2, 0) is 21.2 Å². The highest BCUT2D eigenvalue weighted by Gasteiger charge is 2.12. The standard InChI is InChI=1S/C20H24N2O6S/c1-26-17-12-15(13-18(27-2)20(17)28-3)6-9-19(23)22-11-10-14-4-7-16(8-5-14)29(21,24)25/h4-9,12-13H,10-11H2,1-3H3,(H,22,23)(H2,21,24,25)/b9-6+.